The van der Waals surface area contributed by atoms with Crippen LogP contribution in [-0.2, 0) is 16.1 Å². The molecule has 1 spiro atoms. The second kappa shape index (κ2) is 6.64. The van der Waals surface area contributed by atoms with Crippen molar-refractivity contribution in [3.8, 4) is 0 Å². The maximum Gasteiger partial charge on any atom is 0.258 e. The average Bonchev–Trinajstić information content (AvgIpc) is 2.65. The molecule has 0 bridgehead atoms. The second-order valence-corrected chi connectivity index (χ2v) is 7.37. The van der Waals surface area contributed by atoms with E-state index in [1.54, 1.807) is 6.20 Å². The number of hydrogen-bond donors (Lipinski definition) is 0. The van der Waals surface area contributed by atoms with E-state index in [-0.39, 0.29) is 23.4 Å². The number of ether oxygens (including phenoxy) is 1. The molecule has 0 unspecified atom stereocenters. The summed E-state index contributed by atoms with van der Waals surface area (Å²) in [5.41, 5.74) is 0.129. The fourth-order valence-corrected chi connectivity index (χ4v) is 4.23. The van der Waals surface area contributed by atoms with Gasteiger partial charge in [0.05, 0.1) is 0 Å². The smallest absolute Gasteiger partial charge is 0.258 e. The number of piperidine rings is 1. The zero-order valence-corrected chi connectivity index (χ0v) is 14.4. The molecule has 2 aliphatic rings. The summed E-state index contributed by atoms with van der Waals surface area (Å²) in [5.74, 6) is 0.0444. The second-order valence-electron chi connectivity index (χ2n) is 7.37. The van der Waals surface area contributed by atoms with Gasteiger partial charge in [-0.25, -0.2) is 0 Å². The first-order valence-electron chi connectivity index (χ1n) is 9.11. The van der Waals surface area contributed by atoms with Crippen LogP contribution in [0, 0.1) is 5.41 Å². The number of benzene rings is 1. The van der Waals surface area contributed by atoms with Crippen molar-refractivity contribution in [2.24, 2.45) is 5.41 Å². The van der Waals surface area contributed by atoms with Crippen LogP contribution >= 0.6 is 0 Å². The van der Waals surface area contributed by atoms with Gasteiger partial charge in [-0.05, 0) is 48.6 Å². The predicted molar refractivity (Wildman–Crippen MR) is 96.5 cm³/mol. The van der Waals surface area contributed by atoms with Gasteiger partial charge in [-0.3, -0.25) is 9.59 Å². The molecule has 2 fully saturated rings. The molecule has 0 atom stereocenters. The van der Waals surface area contributed by atoms with E-state index < -0.39 is 0 Å². The molecule has 5 heteroatoms. The first kappa shape index (κ1) is 16.3. The van der Waals surface area contributed by atoms with Gasteiger partial charge < -0.3 is 14.2 Å². The van der Waals surface area contributed by atoms with Gasteiger partial charge in [-0.15, -0.1) is 0 Å². The highest BCUT2D eigenvalue weighted by Crippen LogP contribution is 2.39. The Labute approximate surface area is 147 Å². The number of carbonyl (C=O) groups excluding carboxylic acids is 1. The Kier molecular flexibility index (Phi) is 4.34. The van der Waals surface area contributed by atoms with Gasteiger partial charge in [0, 0.05) is 37.9 Å². The van der Waals surface area contributed by atoms with Crippen molar-refractivity contribution >= 4 is 16.7 Å². The Bertz CT molecular complexity index is 831. The Hall–Kier alpha value is -2.14. The molecule has 1 aromatic heterocycles. The zero-order chi connectivity index (χ0) is 17.3. The summed E-state index contributed by atoms with van der Waals surface area (Å²) >= 11 is 0. The number of likely N-dealkylation sites (tertiary alicyclic amines) is 1. The first-order valence-corrected chi connectivity index (χ1v) is 9.11. The van der Waals surface area contributed by atoms with Crippen LogP contribution in [0.5, 0.6) is 0 Å². The van der Waals surface area contributed by atoms with E-state index in [0.717, 1.165) is 51.0 Å². The predicted octanol–water partition coefficient (Wildman–Crippen LogP) is 2.42. The average molecular weight is 340 g/mol. The monoisotopic (exact) mass is 340 g/mol. The number of fused-ring (bicyclic) bond motifs is 1. The molecule has 0 radical (unpaired) electrons. The van der Waals surface area contributed by atoms with Gasteiger partial charge in [0.2, 0.25) is 5.91 Å². The molecule has 2 saturated heterocycles. The molecule has 4 rings (SSSR count). The van der Waals surface area contributed by atoms with Crippen LogP contribution in [0.1, 0.15) is 25.7 Å². The van der Waals surface area contributed by atoms with Crippen LogP contribution in [0.25, 0.3) is 10.8 Å². The molecule has 0 saturated carbocycles. The number of amides is 1. The molecule has 2 aromatic rings. The number of nitrogens with zero attached hydrogens (tertiary/aromatic N) is 2. The van der Waals surface area contributed by atoms with E-state index >= 15 is 0 Å². The molecule has 25 heavy (non-hydrogen) atoms. The van der Waals surface area contributed by atoms with E-state index in [1.165, 1.54) is 11.0 Å². The fraction of sp³-hybridized carbons (Fsp3) is 0.500. The van der Waals surface area contributed by atoms with E-state index in [9.17, 15) is 9.59 Å². The maximum atomic E-state index is 12.8. The molecule has 5 nitrogen and oxygen atoms in total. The van der Waals surface area contributed by atoms with Gasteiger partial charge in [-0.2, -0.15) is 0 Å². The van der Waals surface area contributed by atoms with Crippen molar-refractivity contribution in [1.29, 1.82) is 0 Å². The third-order valence-corrected chi connectivity index (χ3v) is 5.76. The van der Waals surface area contributed by atoms with Crippen molar-refractivity contribution < 1.29 is 9.53 Å². The highest BCUT2D eigenvalue weighted by Gasteiger charge is 2.38. The molecule has 1 amide bonds. The number of rotatable bonds is 2. The summed E-state index contributed by atoms with van der Waals surface area (Å²) in [6.45, 7) is 3.32. The lowest BCUT2D eigenvalue weighted by Crippen LogP contribution is -2.49. The molecule has 0 aliphatic carbocycles. The maximum absolute atomic E-state index is 12.8. The Balaban J connectivity index is 1.52. The minimum Gasteiger partial charge on any atom is -0.381 e. The molecule has 132 valence electrons. The third-order valence-electron chi connectivity index (χ3n) is 5.76. The Morgan fingerprint density at radius 2 is 1.92 bits per heavy atom. The normalized spacial score (nSPS) is 20.1. The lowest BCUT2D eigenvalue weighted by atomic mass is 9.74. The highest BCUT2D eigenvalue weighted by molar-refractivity contribution is 5.82. The first-order chi connectivity index (χ1) is 12.2. The van der Waals surface area contributed by atoms with Gasteiger partial charge in [0.15, 0.2) is 0 Å². The lowest BCUT2D eigenvalue weighted by molar-refractivity contribution is -0.137. The van der Waals surface area contributed by atoms with Crippen molar-refractivity contribution in [3.05, 3.63) is 46.9 Å². The van der Waals surface area contributed by atoms with E-state index in [1.807, 2.05) is 35.2 Å². The molecular formula is C20H24N2O3. The van der Waals surface area contributed by atoms with Crippen molar-refractivity contribution in [1.82, 2.24) is 9.47 Å². The number of aromatic nitrogens is 1. The molecular weight excluding hydrogens is 316 g/mol. The molecule has 2 aliphatic heterocycles. The molecule has 3 heterocycles. The van der Waals surface area contributed by atoms with E-state index in [4.69, 9.17) is 4.74 Å². The molecule has 1 aromatic carbocycles. The standard InChI is InChI=1S/C20H24N2O3/c23-18(22-10-3-7-20(15-22)8-12-25-13-9-20)14-21-11-6-16-4-1-2-5-17(16)19(21)24/h1-2,4-6,11H,3,7-10,12-15H2. The summed E-state index contributed by atoms with van der Waals surface area (Å²) in [5, 5.41) is 1.58. The van der Waals surface area contributed by atoms with E-state index in [2.05, 4.69) is 0 Å². The minimum absolute atomic E-state index is 0.0444. The molecule has 0 N–H and O–H groups in total. The summed E-state index contributed by atoms with van der Waals surface area (Å²) in [6.07, 6.45) is 6.02. The Morgan fingerprint density at radius 3 is 2.76 bits per heavy atom. The van der Waals surface area contributed by atoms with Gasteiger partial charge in [0.1, 0.15) is 6.54 Å². The van der Waals surface area contributed by atoms with E-state index in [0.29, 0.717) is 5.39 Å². The van der Waals surface area contributed by atoms with Crippen LogP contribution in [0.2, 0.25) is 0 Å². The highest BCUT2D eigenvalue weighted by atomic mass is 16.5. The van der Waals surface area contributed by atoms with Gasteiger partial charge in [-0.1, -0.05) is 18.2 Å². The van der Waals surface area contributed by atoms with Crippen LogP contribution in [0.3, 0.4) is 0 Å². The summed E-state index contributed by atoms with van der Waals surface area (Å²) in [4.78, 5) is 27.4. The number of pyridine rings is 1. The SMILES string of the molecule is O=C(Cn1ccc2ccccc2c1=O)N1CCCC2(CCOCC2)C1. The van der Waals surface area contributed by atoms with Gasteiger partial charge >= 0.3 is 0 Å². The minimum atomic E-state index is -0.0933. The van der Waals surface area contributed by atoms with Crippen molar-refractivity contribution in [2.45, 2.75) is 32.2 Å². The van der Waals surface area contributed by atoms with Crippen LogP contribution in [0.4, 0.5) is 0 Å². The third kappa shape index (κ3) is 3.21. The number of carbonyl (C=O) groups is 1. The summed E-state index contributed by atoms with van der Waals surface area (Å²) < 4.78 is 7.03. The zero-order valence-electron chi connectivity index (χ0n) is 14.4. The quantitative estimate of drug-likeness (QED) is 0.844. The van der Waals surface area contributed by atoms with Crippen LogP contribution in [0.15, 0.2) is 41.3 Å². The Morgan fingerprint density at radius 1 is 1.12 bits per heavy atom. The number of hydrogen-bond acceptors (Lipinski definition) is 3. The lowest BCUT2D eigenvalue weighted by Gasteiger charge is -2.45. The van der Waals surface area contributed by atoms with Crippen LogP contribution < -0.4 is 5.56 Å². The van der Waals surface area contributed by atoms with Gasteiger partial charge in [0.25, 0.3) is 5.56 Å². The summed E-state index contributed by atoms with van der Waals surface area (Å²) in [6, 6.07) is 9.41. The summed E-state index contributed by atoms with van der Waals surface area (Å²) in [7, 11) is 0. The fourth-order valence-electron chi connectivity index (χ4n) is 4.23. The topological polar surface area (TPSA) is 51.5 Å². The van der Waals surface area contributed by atoms with Crippen molar-refractivity contribution in [2.75, 3.05) is 26.3 Å². The van der Waals surface area contributed by atoms with Crippen LogP contribution in [-0.4, -0.2) is 41.7 Å². The van der Waals surface area contributed by atoms with Crippen molar-refractivity contribution in [3.63, 3.8) is 0 Å². The largest absolute Gasteiger partial charge is 0.381 e.